The summed E-state index contributed by atoms with van der Waals surface area (Å²) in [4.78, 5) is 38.7. The van der Waals surface area contributed by atoms with Crippen LogP contribution < -0.4 is 0 Å². The number of rotatable bonds is 8. The Morgan fingerprint density at radius 1 is 1.06 bits per heavy atom. The second-order valence-corrected chi connectivity index (χ2v) is 8.07. The van der Waals surface area contributed by atoms with Gasteiger partial charge in [-0.1, -0.05) is 36.0 Å². The van der Waals surface area contributed by atoms with E-state index in [0.29, 0.717) is 42.3 Å². The monoisotopic (exact) mass is 438 g/mol. The summed E-state index contributed by atoms with van der Waals surface area (Å²) >= 11 is 1.26. The van der Waals surface area contributed by atoms with Crippen molar-refractivity contribution in [3.05, 3.63) is 53.3 Å². The van der Waals surface area contributed by atoms with Gasteiger partial charge >= 0.3 is 5.97 Å². The lowest BCUT2D eigenvalue weighted by Gasteiger charge is -2.27. The molecule has 4 rings (SSSR count). The fourth-order valence-corrected chi connectivity index (χ4v) is 4.42. The molecule has 0 unspecified atom stereocenters. The first kappa shape index (κ1) is 21.0. The van der Waals surface area contributed by atoms with Crippen LogP contribution in [0.1, 0.15) is 39.9 Å². The summed E-state index contributed by atoms with van der Waals surface area (Å²) in [5.74, 6) is 0.0674. The number of imide groups is 1. The summed E-state index contributed by atoms with van der Waals surface area (Å²) in [6.45, 7) is 2.40. The Balaban J connectivity index is 1.41. The van der Waals surface area contributed by atoms with Gasteiger partial charge in [-0.25, -0.2) is 0 Å². The van der Waals surface area contributed by atoms with Gasteiger partial charge in [-0.3, -0.25) is 19.3 Å². The zero-order chi connectivity index (χ0) is 22.0. The predicted molar refractivity (Wildman–Crippen MR) is 116 cm³/mol. The zero-order valence-corrected chi connectivity index (χ0v) is 18.1. The highest BCUT2D eigenvalue weighted by Gasteiger charge is 2.32. The van der Waals surface area contributed by atoms with Gasteiger partial charge in [0.05, 0.1) is 12.4 Å². The summed E-state index contributed by atoms with van der Waals surface area (Å²) < 4.78 is 6.74. The van der Waals surface area contributed by atoms with Crippen LogP contribution in [-0.2, 0) is 23.0 Å². The number of carbonyl (C=O) groups is 3. The highest BCUT2D eigenvalue weighted by atomic mass is 32.2. The topological polar surface area (TPSA) is 94.4 Å². The van der Waals surface area contributed by atoms with Gasteiger partial charge in [0.1, 0.15) is 5.82 Å². The SMILES string of the molecule is CCOC(=O)CSc1nnc(CCCN2C(=O)c3cccc4cccc(c34)C2=O)n1C. The van der Waals surface area contributed by atoms with E-state index in [-0.39, 0.29) is 23.5 Å². The summed E-state index contributed by atoms with van der Waals surface area (Å²) in [7, 11) is 1.83. The Labute approximate surface area is 183 Å². The first-order valence-corrected chi connectivity index (χ1v) is 11.0. The number of thioether (sulfide) groups is 1. The molecule has 2 amide bonds. The fourth-order valence-electron chi connectivity index (χ4n) is 3.69. The molecular weight excluding hydrogens is 416 g/mol. The molecule has 2 heterocycles. The summed E-state index contributed by atoms with van der Waals surface area (Å²) in [6.07, 6.45) is 1.11. The van der Waals surface area contributed by atoms with Crippen LogP contribution >= 0.6 is 11.8 Å². The van der Waals surface area contributed by atoms with Gasteiger partial charge in [-0.15, -0.1) is 10.2 Å². The van der Waals surface area contributed by atoms with Gasteiger partial charge in [0.2, 0.25) is 0 Å². The second kappa shape index (κ2) is 8.89. The number of amides is 2. The van der Waals surface area contributed by atoms with E-state index in [9.17, 15) is 14.4 Å². The largest absolute Gasteiger partial charge is 0.465 e. The predicted octanol–water partition coefficient (Wildman–Crippen LogP) is 2.85. The smallest absolute Gasteiger partial charge is 0.316 e. The molecule has 1 aliphatic rings. The average Bonchev–Trinajstić information content (AvgIpc) is 3.12. The normalized spacial score (nSPS) is 13.2. The van der Waals surface area contributed by atoms with Crippen LogP contribution in [0.15, 0.2) is 41.6 Å². The Morgan fingerprint density at radius 3 is 2.39 bits per heavy atom. The molecule has 31 heavy (non-hydrogen) atoms. The Bertz CT molecular complexity index is 1120. The van der Waals surface area contributed by atoms with E-state index in [1.807, 2.05) is 35.9 Å². The van der Waals surface area contributed by atoms with Crippen LogP contribution in [0.3, 0.4) is 0 Å². The Kier molecular flexibility index (Phi) is 6.03. The molecule has 8 nitrogen and oxygen atoms in total. The molecule has 1 aliphatic heterocycles. The van der Waals surface area contributed by atoms with Crippen LogP contribution in [0, 0.1) is 0 Å². The molecule has 0 N–H and O–H groups in total. The van der Waals surface area contributed by atoms with Gasteiger partial charge in [-0.2, -0.15) is 0 Å². The van der Waals surface area contributed by atoms with E-state index >= 15 is 0 Å². The minimum absolute atomic E-state index is 0.168. The summed E-state index contributed by atoms with van der Waals surface area (Å²) in [6, 6.07) is 11.0. The van der Waals surface area contributed by atoms with Crippen molar-refractivity contribution in [2.24, 2.45) is 7.05 Å². The Morgan fingerprint density at radius 2 is 1.74 bits per heavy atom. The van der Waals surface area contributed by atoms with Gasteiger partial charge in [0.25, 0.3) is 11.8 Å². The molecule has 0 saturated heterocycles. The van der Waals surface area contributed by atoms with Gasteiger partial charge < -0.3 is 9.30 Å². The van der Waals surface area contributed by atoms with Crippen molar-refractivity contribution in [1.29, 1.82) is 0 Å². The maximum atomic E-state index is 13.0. The summed E-state index contributed by atoms with van der Waals surface area (Å²) in [5.41, 5.74) is 1.12. The number of benzene rings is 2. The standard InChI is InChI=1S/C22H22N4O4S/c1-3-30-18(27)13-31-22-24-23-17(25(22)2)11-6-12-26-20(28)15-9-4-7-14-8-5-10-16(19(14)15)21(26)29/h4-5,7-10H,3,6,11-13H2,1-2H3. The third-order valence-electron chi connectivity index (χ3n) is 5.19. The minimum atomic E-state index is -0.297. The van der Waals surface area contributed by atoms with Crippen molar-refractivity contribution in [3.63, 3.8) is 0 Å². The zero-order valence-electron chi connectivity index (χ0n) is 17.3. The van der Waals surface area contributed by atoms with Gasteiger partial charge in [0, 0.05) is 36.5 Å². The average molecular weight is 439 g/mol. The number of carbonyl (C=O) groups excluding carboxylic acids is 3. The molecule has 9 heteroatoms. The van der Waals surface area contributed by atoms with Crippen LogP contribution in [0.25, 0.3) is 10.8 Å². The molecular formula is C22H22N4O4S. The van der Waals surface area contributed by atoms with E-state index in [1.165, 1.54) is 16.7 Å². The number of esters is 1. The molecule has 0 saturated carbocycles. The van der Waals surface area contributed by atoms with E-state index in [0.717, 1.165) is 16.6 Å². The van der Waals surface area contributed by atoms with E-state index in [4.69, 9.17) is 4.74 Å². The molecule has 0 aliphatic carbocycles. The molecule has 1 aromatic heterocycles. The minimum Gasteiger partial charge on any atom is -0.465 e. The molecule has 0 atom stereocenters. The van der Waals surface area contributed by atoms with E-state index in [1.54, 1.807) is 19.1 Å². The maximum Gasteiger partial charge on any atom is 0.316 e. The van der Waals surface area contributed by atoms with Crippen LogP contribution in [0.5, 0.6) is 0 Å². The van der Waals surface area contributed by atoms with Gasteiger partial charge in [0.15, 0.2) is 5.16 Å². The van der Waals surface area contributed by atoms with Crippen molar-refractivity contribution in [2.45, 2.75) is 24.9 Å². The first-order valence-electron chi connectivity index (χ1n) is 10.1. The number of ether oxygens (including phenoxy) is 1. The highest BCUT2D eigenvalue weighted by Crippen LogP contribution is 2.30. The molecule has 0 spiro atoms. The van der Waals surface area contributed by atoms with Crippen LogP contribution in [0.4, 0.5) is 0 Å². The van der Waals surface area contributed by atoms with E-state index in [2.05, 4.69) is 10.2 Å². The number of hydrogen-bond acceptors (Lipinski definition) is 7. The Hall–Kier alpha value is -3.20. The molecule has 0 fully saturated rings. The number of hydrogen-bond donors (Lipinski definition) is 0. The van der Waals surface area contributed by atoms with Crippen LogP contribution in [-0.4, -0.2) is 56.4 Å². The maximum absolute atomic E-state index is 13.0. The van der Waals surface area contributed by atoms with Gasteiger partial charge in [-0.05, 0) is 30.9 Å². The molecule has 3 aromatic rings. The lowest BCUT2D eigenvalue weighted by molar-refractivity contribution is -0.139. The van der Waals surface area contributed by atoms with Crippen molar-refractivity contribution >= 4 is 40.3 Å². The number of aromatic nitrogens is 3. The number of aryl methyl sites for hydroxylation is 1. The van der Waals surface area contributed by atoms with Crippen molar-refractivity contribution < 1.29 is 19.1 Å². The molecule has 160 valence electrons. The fraction of sp³-hybridized carbons (Fsp3) is 0.318. The quantitative estimate of drug-likeness (QED) is 0.303. The number of nitrogens with zero attached hydrogens (tertiary/aromatic N) is 4. The molecule has 2 aromatic carbocycles. The van der Waals surface area contributed by atoms with Crippen LogP contribution in [0.2, 0.25) is 0 Å². The summed E-state index contributed by atoms with van der Waals surface area (Å²) in [5, 5.41) is 10.5. The first-order chi connectivity index (χ1) is 15.0. The molecule has 0 radical (unpaired) electrons. The van der Waals surface area contributed by atoms with Crippen molar-refractivity contribution in [1.82, 2.24) is 19.7 Å². The lowest BCUT2D eigenvalue weighted by Crippen LogP contribution is -2.41. The van der Waals surface area contributed by atoms with Crippen molar-refractivity contribution in [3.8, 4) is 0 Å². The van der Waals surface area contributed by atoms with Crippen molar-refractivity contribution in [2.75, 3.05) is 18.9 Å². The third-order valence-corrected chi connectivity index (χ3v) is 6.18. The molecule has 0 bridgehead atoms. The van der Waals surface area contributed by atoms with E-state index < -0.39 is 0 Å². The lowest BCUT2D eigenvalue weighted by atomic mass is 9.94. The second-order valence-electron chi connectivity index (χ2n) is 7.13. The highest BCUT2D eigenvalue weighted by molar-refractivity contribution is 7.99. The third kappa shape index (κ3) is 4.05.